The molecule has 8 heteroatoms. The number of aliphatic hydroxyl groups excluding tert-OH is 3. The Labute approximate surface area is 132 Å². The lowest BCUT2D eigenvalue weighted by Gasteiger charge is -2.34. The monoisotopic (exact) mass is 321 g/mol. The van der Waals surface area contributed by atoms with E-state index in [4.69, 9.17) is 9.47 Å². The van der Waals surface area contributed by atoms with Gasteiger partial charge in [0.25, 0.3) is 0 Å². The molecule has 4 atom stereocenters. The summed E-state index contributed by atoms with van der Waals surface area (Å²) in [4.78, 5) is 0. The lowest BCUT2D eigenvalue weighted by atomic mass is 10.0. The van der Waals surface area contributed by atoms with Gasteiger partial charge in [-0.25, -0.2) is 4.68 Å². The minimum atomic E-state index is -1.28. The average Bonchev–Trinajstić information content (AvgIpc) is 3.02. The maximum Gasteiger partial charge on any atom is 0.180 e. The molecule has 3 N–H and O–H groups in total. The van der Waals surface area contributed by atoms with Crippen molar-refractivity contribution in [3.8, 4) is 0 Å². The van der Waals surface area contributed by atoms with Crippen LogP contribution < -0.4 is 0 Å². The van der Waals surface area contributed by atoms with Crippen LogP contribution in [-0.4, -0.2) is 55.2 Å². The van der Waals surface area contributed by atoms with E-state index in [0.717, 1.165) is 5.56 Å². The van der Waals surface area contributed by atoms with E-state index >= 15 is 0 Å². The number of aliphatic hydroxyl groups is 3. The Morgan fingerprint density at radius 2 is 1.91 bits per heavy atom. The minimum Gasteiger partial charge on any atom is -0.388 e. The van der Waals surface area contributed by atoms with Crippen LogP contribution in [-0.2, 0) is 22.7 Å². The molecule has 0 aliphatic carbocycles. The van der Waals surface area contributed by atoms with Gasteiger partial charge in [-0.1, -0.05) is 35.5 Å². The van der Waals surface area contributed by atoms with Gasteiger partial charge in [0.05, 0.1) is 26.0 Å². The molecule has 0 saturated carbocycles. The zero-order chi connectivity index (χ0) is 16.2. The zero-order valence-corrected chi connectivity index (χ0v) is 12.4. The van der Waals surface area contributed by atoms with Crippen LogP contribution in [0.2, 0.25) is 0 Å². The summed E-state index contributed by atoms with van der Waals surface area (Å²) in [6.45, 7) is 0.645. The Hall–Kier alpha value is -1.84. The second-order valence-corrected chi connectivity index (χ2v) is 5.44. The summed E-state index contributed by atoms with van der Waals surface area (Å²) >= 11 is 0. The number of aromatic nitrogens is 3. The third-order valence-corrected chi connectivity index (χ3v) is 3.65. The van der Waals surface area contributed by atoms with Gasteiger partial charge in [-0.3, -0.25) is 0 Å². The van der Waals surface area contributed by atoms with Crippen molar-refractivity contribution in [3.05, 3.63) is 47.8 Å². The normalized spacial score (nSPS) is 28.0. The van der Waals surface area contributed by atoms with E-state index in [1.165, 1.54) is 4.68 Å². The first-order valence-electron chi connectivity index (χ1n) is 7.33. The molecule has 0 amide bonds. The molecule has 0 bridgehead atoms. The molecule has 1 aromatic heterocycles. The molecule has 124 valence electrons. The highest BCUT2D eigenvalue weighted by Gasteiger charge is 2.39. The molecular weight excluding hydrogens is 302 g/mol. The van der Waals surface area contributed by atoms with Crippen LogP contribution in [0.1, 0.15) is 17.5 Å². The SMILES string of the molecule is OC1COC(n2cc(COCc3ccccc3)nn2)C(O)C1O. The third-order valence-electron chi connectivity index (χ3n) is 3.65. The van der Waals surface area contributed by atoms with Gasteiger partial charge >= 0.3 is 0 Å². The number of nitrogens with zero attached hydrogens (tertiary/aromatic N) is 3. The van der Waals surface area contributed by atoms with Crippen molar-refractivity contribution in [2.75, 3.05) is 6.61 Å². The van der Waals surface area contributed by atoms with Crippen LogP contribution >= 0.6 is 0 Å². The van der Waals surface area contributed by atoms with Crippen LogP contribution in [0.4, 0.5) is 0 Å². The third kappa shape index (κ3) is 3.74. The van der Waals surface area contributed by atoms with Gasteiger partial charge < -0.3 is 24.8 Å². The first kappa shape index (κ1) is 16.0. The molecule has 1 saturated heterocycles. The Morgan fingerprint density at radius 3 is 2.70 bits per heavy atom. The molecular formula is C15H19N3O5. The molecule has 2 aromatic rings. The number of rotatable bonds is 5. The fourth-order valence-corrected chi connectivity index (χ4v) is 2.38. The van der Waals surface area contributed by atoms with Crippen molar-refractivity contribution < 1.29 is 24.8 Å². The molecule has 1 fully saturated rings. The molecule has 1 aliphatic rings. The van der Waals surface area contributed by atoms with Crippen LogP contribution in [0.15, 0.2) is 36.5 Å². The summed E-state index contributed by atoms with van der Waals surface area (Å²) in [7, 11) is 0. The van der Waals surface area contributed by atoms with Crippen molar-refractivity contribution in [3.63, 3.8) is 0 Å². The van der Waals surface area contributed by atoms with Gasteiger partial charge in [-0.2, -0.15) is 0 Å². The molecule has 2 heterocycles. The van der Waals surface area contributed by atoms with Crippen molar-refractivity contribution in [2.45, 2.75) is 37.8 Å². The first-order chi connectivity index (χ1) is 11.1. The van der Waals surface area contributed by atoms with E-state index in [-0.39, 0.29) is 13.2 Å². The van der Waals surface area contributed by atoms with Crippen LogP contribution in [0, 0.1) is 0 Å². The van der Waals surface area contributed by atoms with Gasteiger partial charge in [0.1, 0.15) is 24.0 Å². The number of hydrogen-bond donors (Lipinski definition) is 3. The Kier molecular flexibility index (Phi) is 4.99. The number of ether oxygens (including phenoxy) is 2. The molecule has 23 heavy (non-hydrogen) atoms. The Bertz CT molecular complexity index is 621. The summed E-state index contributed by atoms with van der Waals surface area (Å²) in [5.41, 5.74) is 1.64. The minimum absolute atomic E-state index is 0.0808. The predicted octanol–water partition coefficient (Wildman–Crippen LogP) is -0.394. The summed E-state index contributed by atoms with van der Waals surface area (Å²) in [5.74, 6) is 0. The van der Waals surface area contributed by atoms with Crippen molar-refractivity contribution in [2.24, 2.45) is 0 Å². The van der Waals surface area contributed by atoms with E-state index in [9.17, 15) is 15.3 Å². The maximum absolute atomic E-state index is 9.94. The average molecular weight is 321 g/mol. The molecule has 0 radical (unpaired) electrons. The Balaban J connectivity index is 1.56. The quantitative estimate of drug-likeness (QED) is 0.688. The highest BCUT2D eigenvalue weighted by atomic mass is 16.5. The lowest BCUT2D eigenvalue weighted by Crippen LogP contribution is -2.50. The van der Waals surface area contributed by atoms with Crippen molar-refractivity contribution >= 4 is 0 Å². The predicted molar refractivity (Wildman–Crippen MR) is 78.0 cm³/mol. The number of hydrogen-bond acceptors (Lipinski definition) is 7. The Morgan fingerprint density at radius 1 is 1.13 bits per heavy atom. The van der Waals surface area contributed by atoms with Crippen molar-refractivity contribution in [1.82, 2.24) is 15.0 Å². The molecule has 3 rings (SSSR count). The second-order valence-electron chi connectivity index (χ2n) is 5.44. The van der Waals surface area contributed by atoms with E-state index in [0.29, 0.717) is 12.3 Å². The number of benzene rings is 1. The van der Waals surface area contributed by atoms with Crippen molar-refractivity contribution in [1.29, 1.82) is 0 Å². The molecule has 1 aliphatic heterocycles. The summed E-state index contributed by atoms with van der Waals surface area (Å²) in [5, 5.41) is 36.9. The summed E-state index contributed by atoms with van der Waals surface area (Å²) in [6, 6.07) is 9.76. The van der Waals surface area contributed by atoms with E-state index in [2.05, 4.69) is 10.3 Å². The highest BCUT2D eigenvalue weighted by Crippen LogP contribution is 2.23. The van der Waals surface area contributed by atoms with Crippen LogP contribution in [0.25, 0.3) is 0 Å². The highest BCUT2D eigenvalue weighted by molar-refractivity contribution is 5.13. The first-order valence-corrected chi connectivity index (χ1v) is 7.33. The molecule has 1 aromatic carbocycles. The fourth-order valence-electron chi connectivity index (χ4n) is 2.38. The lowest BCUT2D eigenvalue weighted by molar-refractivity contribution is -0.214. The van der Waals surface area contributed by atoms with Gasteiger partial charge in [-0.15, -0.1) is 5.10 Å². The smallest absolute Gasteiger partial charge is 0.180 e. The molecule has 4 unspecified atom stereocenters. The van der Waals surface area contributed by atoms with Gasteiger partial charge in [-0.05, 0) is 5.56 Å². The molecule has 8 nitrogen and oxygen atoms in total. The van der Waals surface area contributed by atoms with Gasteiger partial charge in [0.15, 0.2) is 6.23 Å². The van der Waals surface area contributed by atoms with Crippen LogP contribution in [0.5, 0.6) is 0 Å². The fraction of sp³-hybridized carbons (Fsp3) is 0.467. The summed E-state index contributed by atoms with van der Waals surface area (Å²) in [6.07, 6.45) is -2.97. The zero-order valence-electron chi connectivity index (χ0n) is 12.4. The van der Waals surface area contributed by atoms with E-state index < -0.39 is 24.5 Å². The van der Waals surface area contributed by atoms with E-state index in [1.54, 1.807) is 6.20 Å². The van der Waals surface area contributed by atoms with Gasteiger partial charge in [0.2, 0.25) is 0 Å². The largest absolute Gasteiger partial charge is 0.388 e. The summed E-state index contributed by atoms with van der Waals surface area (Å²) < 4.78 is 12.2. The molecule has 0 spiro atoms. The van der Waals surface area contributed by atoms with Gasteiger partial charge in [0, 0.05) is 0 Å². The maximum atomic E-state index is 9.94. The topological polar surface area (TPSA) is 110 Å². The van der Waals surface area contributed by atoms with E-state index in [1.807, 2.05) is 30.3 Å². The second kappa shape index (κ2) is 7.16. The van der Waals surface area contributed by atoms with Crippen LogP contribution in [0.3, 0.4) is 0 Å². The standard InChI is InChI=1S/C15H19N3O5/c19-12-9-23-15(14(21)13(12)20)18-6-11(16-17-18)8-22-7-10-4-2-1-3-5-10/h1-6,12-15,19-21H,7-9H2.